The van der Waals surface area contributed by atoms with E-state index in [-0.39, 0.29) is 11.3 Å². The van der Waals surface area contributed by atoms with Crippen LogP contribution < -0.4 is 0 Å². The summed E-state index contributed by atoms with van der Waals surface area (Å²) >= 11 is 11.2. The molecule has 0 aliphatic carbocycles. The molecule has 4 rings (SSSR count). The smallest absolute Gasteiger partial charge is 0.335 e. The third kappa shape index (κ3) is 9.85. The van der Waals surface area contributed by atoms with E-state index in [1.54, 1.807) is 43.5 Å². The normalized spacial score (nSPS) is 9.70. The van der Waals surface area contributed by atoms with Gasteiger partial charge < -0.3 is 13.9 Å². The van der Waals surface area contributed by atoms with Crippen LogP contribution in [0.15, 0.2) is 69.9 Å². The average Bonchev–Trinajstić information content (AvgIpc) is 3.37. The number of halogens is 5. The van der Waals surface area contributed by atoms with E-state index in [4.69, 9.17) is 13.9 Å². The van der Waals surface area contributed by atoms with Crippen LogP contribution in [0.3, 0.4) is 0 Å². The van der Waals surface area contributed by atoms with Crippen LogP contribution in [0.4, 0.5) is 0 Å². The lowest BCUT2D eigenvalue weighted by Crippen LogP contribution is -1.94. The highest BCUT2D eigenvalue weighted by Gasteiger charge is 2.04. The molecule has 2 aromatic carbocycles. The molecule has 2 aromatic heterocycles. The molecule has 0 aliphatic rings. The van der Waals surface area contributed by atoms with Crippen LogP contribution in [-0.2, 0) is 0 Å². The fourth-order valence-electron chi connectivity index (χ4n) is 2.26. The Labute approximate surface area is 237 Å². The minimum Gasteiger partial charge on any atom is -0.478 e. The molecule has 2 heterocycles. The number of aromatic carboxylic acids is 1. The van der Waals surface area contributed by atoms with Crippen molar-refractivity contribution in [2.45, 2.75) is 6.86 Å². The summed E-state index contributed by atoms with van der Waals surface area (Å²) in [6.07, 6.45) is 3.16. The lowest BCUT2D eigenvalue weighted by Gasteiger charge is -1.93. The minimum atomic E-state index is -0.937. The predicted octanol–water partition coefficient (Wildman–Crippen LogP) is 9.11. The fourth-order valence-corrected chi connectivity index (χ4v) is 2.26. The molecule has 0 spiro atoms. The quantitative estimate of drug-likeness (QED) is 0.123. The van der Waals surface area contributed by atoms with Crippen molar-refractivity contribution in [2.24, 2.45) is 0 Å². The second-order valence-corrected chi connectivity index (χ2v) is 16.3. The number of benzene rings is 2. The Morgan fingerprint density at radius 2 is 1.20 bits per heavy atom. The van der Waals surface area contributed by atoms with Crippen molar-refractivity contribution in [1.82, 2.24) is 0 Å². The van der Waals surface area contributed by atoms with E-state index in [1.807, 2.05) is 12.1 Å². The Morgan fingerprint density at radius 3 is 1.60 bits per heavy atom. The van der Waals surface area contributed by atoms with Crippen molar-refractivity contribution in [2.75, 3.05) is 0 Å². The third-order valence-electron chi connectivity index (χ3n) is 3.57. The van der Waals surface area contributed by atoms with E-state index >= 15 is 0 Å². The van der Waals surface area contributed by atoms with Crippen LogP contribution in [-0.4, -0.2) is 16.8 Å². The Bertz CT molecular complexity index is 1000. The van der Waals surface area contributed by atoms with Crippen LogP contribution in [0.5, 0.6) is 0 Å². The number of hydrogen-bond donors (Lipinski definition) is 1. The van der Waals surface area contributed by atoms with Crippen molar-refractivity contribution in [1.29, 1.82) is 0 Å². The Morgan fingerprint density at radius 1 is 0.800 bits per heavy atom. The van der Waals surface area contributed by atoms with Gasteiger partial charge in [-0.05, 0) is 37.3 Å². The van der Waals surface area contributed by atoms with Crippen molar-refractivity contribution >= 4 is 139 Å². The Balaban J connectivity index is 0.000000239. The molecule has 0 saturated carbocycles. The number of Topliss-reactive ketones (excluding diaryl/α,β-unsaturated/α-hetero) is 1. The van der Waals surface area contributed by atoms with Crippen molar-refractivity contribution in [3.63, 3.8) is 0 Å². The zero-order valence-corrected chi connectivity index (χ0v) is 26.1. The van der Waals surface area contributed by atoms with Gasteiger partial charge in [0.05, 0.1) is 18.1 Å². The van der Waals surface area contributed by atoms with Gasteiger partial charge in [0, 0.05) is 53.6 Å². The van der Waals surface area contributed by atoms with Gasteiger partial charge in [0.25, 0.3) is 0 Å². The summed E-state index contributed by atoms with van der Waals surface area (Å²) in [5, 5.41) is 10.6. The van der Waals surface area contributed by atoms with Crippen LogP contribution in [0.2, 0.25) is 0 Å². The number of alkyl halides is 3. The standard InChI is InChI=1S/C10H8O2.C9H6O3.CHI3.I2/c1-7(11)9-3-2-8-4-5-12-10(8)6-9;10-9(11)7-2-1-6-3-4-12-8(6)5-7;2-1(3)4;1-2/h2-6H,1H3;1-5H,(H,10,11);1H;. The first-order chi connectivity index (χ1) is 14.3. The topological polar surface area (TPSA) is 80.7 Å². The summed E-state index contributed by atoms with van der Waals surface area (Å²) in [5.74, 6) is -0.874. The summed E-state index contributed by atoms with van der Waals surface area (Å²) < 4.78 is 10.9. The predicted molar refractivity (Wildman–Crippen MR) is 163 cm³/mol. The van der Waals surface area contributed by atoms with Gasteiger partial charge in [0.2, 0.25) is 0 Å². The summed E-state index contributed by atoms with van der Waals surface area (Å²) in [7, 11) is 0. The number of furan rings is 2. The molecule has 160 valence electrons. The molecule has 0 unspecified atom stereocenters. The number of ketones is 1. The number of rotatable bonds is 2. The molecule has 0 amide bonds. The SMILES string of the molecule is CC(=O)c1ccc2ccoc2c1.IC(I)I.II.O=C(O)c1ccc2ccoc2c1. The van der Waals surface area contributed by atoms with E-state index in [9.17, 15) is 9.59 Å². The molecule has 0 bridgehead atoms. The van der Waals surface area contributed by atoms with Gasteiger partial charge in [-0.2, -0.15) is 0 Å². The van der Waals surface area contributed by atoms with Gasteiger partial charge in [0.1, 0.15) is 11.1 Å². The number of fused-ring (bicyclic) bond motifs is 2. The molecule has 5 nitrogen and oxygen atoms in total. The first-order valence-electron chi connectivity index (χ1n) is 8.03. The molecule has 0 fully saturated rings. The van der Waals surface area contributed by atoms with E-state index < -0.39 is 5.97 Å². The number of carbonyl (C=O) groups is 2. The van der Waals surface area contributed by atoms with Gasteiger partial charge in [0.15, 0.2) is 5.78 Å². The van der Waals surface area contributed by atoms with Crippen LogP contribution >= 0.6 is 105 Å². The molecular formula is C20H15I5O5. The lowest BCUT2D eigenvalue weighted by molar-refractivity contribution is 0.0696. The van der Waals surface area contributed by atoms with Gasteiger partial charge in [-0.15, -0.1) is 0 Å². The number of carbonyl (C=O) groups excluding carboxylic acids is 1. The molecule has 1 N–H and O–H groups in total. The van der Waals surface area contributed by atoms with E-state index in [0.717, 1.165) is 16.3 Å². The zero-order valence-electron chi connectivity index (χ0n) is 15.3. The van der Waals surface area contributed by atoms with Crippen molar-refractivity contribution < 1.29 is 23.5 Å². The van der Waals surface area contributed by atoms with Crippen molar-refractivity contribution in [3.05, 3.63) is 72.2 Å². The van der Waals surface area contributed by atoms with Gasteiger partial charge in [-0.3, -0.25) is 4.79 Å². The minimum absolute atomic E-state index is 0.0632. The van der Waals surface area contributed by atoms with Crippen LogP contribution in [0.1, 0.15) is 27.6 Å². The highest BCUT2D eigenvalue weighted by atomic mass is 128. The Hall–Kier alpha value is 0.310. The van der Waals surface area contributed by atoms with Crippen molar-refractivity contribution in [3.8, 4) is 0 Å². The first kappa shape index (κ1) is 28.3. The van der Waals surface area contributed by atoms with E-state index in [1.165, 1.54) is 12.3 Å². The summed E-state index contributed by atoms with van der Waals surface area (Å²) in [4.78, 5) is 21.5. The van der Waals surface area contributed by atoms with Gasteiger partial charge >= 0.3 is 5.97 Å². The number of hydrogen-bond acceptors (Lipinski definition) is 4. The summed E-state index contributed by atoms with van der Waals surface area (Å²) in [6.45, 7) is 1.55. The van der Waals surface area contributed by atoms with Gasteiger partial charge in [-0.25, -0.2) is 4.79 Å². The maximum absolute atomic E-state index is 11.0. The fraction of sp³-hybridized carbons (Fsp3) is 0.100. The number of carboxylic acids is 1. The zero-order chi connectivity index (χ0) is 22.7. The van der Waals surface area contributed by atoms with E-state index in [2.05, 4.69) is 105 Å². The molecule has 0 atom stereocenters. The molecular weight excluding hydrogens is 955 g/mol. The first-order valence-corrected chi connectivity index (χ1v) is 18.1. The second kappa shape index (κ2) is 15.2. The van der Waals surface area contributed by atoms with Crippen LogP contribution in [0, 0.1) is 0 Å². The summed E-state index contributed by atoms with van der Waals surface area (Å²) in [6, 6.07) is 13.9. The molecule has 30 heavy (non-hydrogen) atoms. The highest BCUT2D eigenvalue weighted by molar-refractivity contribution is 15.0. The summed E-state index contributed by atoms with van der Waals surface area (Å²) in [5.41, 5.74) is 2.31. The lowest BCUT2D eigenvalue weighted by atomic mass is 10.1. The second-order valence-electron chi connectivity index (χ2n) is 5.46. The average molecular weight is 970 g/mol. The molecule has 4 aromatic rings. The van der Waals surface area contributed by atoms with E-state index in [0.29, 0.717) is 11.1 Å². The largest absolute Gasteiger partial charge is 0.478 e. The molecule has 10 heteroatoms. The number of carboxylic acid groups (broad SMARTS) is 1. The molecule has 0 aliphatic heterocycles. The highest BCUT2D eigenvalue weighted by Crippen LogP contribution is 2.18. The monoisotopic (exact) mass is 970 g/mol. The molecule has 0 saturated heterocycles. The third-order valence-corrected chi connectivity index (χ3v) is 3.57. The molecule has 0 radical (unpaired) electrons. The Kier molecular flexibility index (Phi) is 14.4. The van der Waals surface area contributed by atoms with Gasteiger partial charge in [-0.1, -0.05) is 86.0 Å². The van der Waals surface area contributed by atoms with Crippen LogP contribution in [0.25, 0.3) is 21.9 Å². The maximum Gasteiger partial charge on any atom is 0.335 e. The maximum atomic E-state index is 11.0.